The number of piperidine rings is 1. The second-order valence-electron chi connectivity index (χ2n) is 7.63. The first-order chi connectivity index (χ1) is 11.6. The molecule has 1 heterocycles. The van der Waals surface area contributed by atoms with Crippen LogP contribution in [0, 0.1) is 0 Å². The molecule has 0 bridgehead atoms. The van der Waals surface area contributed by atoms with Gasteiger partial charge in [0.05, 0.1) is 0 Å². The van der Waals surface area contributed by atoms with Gasteiger partial charge in [-0.05, 0) is 47.9 Å². The molecule has 0 unspecified atom stereocenters. The Morgan fingerprint density at radius 2 is 1.88 bits per heavy atom. The molecule has 2 aromatic carbocycles. The van der Waals surface area contributed by atoms with Crippen LogP contribution in [-0.2, 0) is 23.1 Å². The molecule has 1 saturated heterocycles. The molecule has 1 aliphatic heterocycles. The van der Waals surface area contributed by atoms with Crippen molar-refractivity contribution in [3.05, 3.63) is 70.8 Å². The van der Waals surface area contributed by atoms with E-state index >= 15 is 0 Å². The number of hydrogen-bond acceptors (Lipinski definition) is 1. The van der Waals surface area contributed by atoms with Crippen LogP contribution in [0.15, 0.2) is 48.5 Å². The number of carbonyl (C=O) groups is 1. The van der Waals surface area contributed by atoms with Crippen molar-refractivity contribution in [3.63, 3.8) is 0 Å². The van der Waals surface area contributed by atoms with E-state index in [-0.39, 0.29) is 5.41 Å². The smallest absolute Gasteiger partial charge is 0.222 e. The van der Waals surface area contributed by atoms with Crippen LogP contribution in [0.1, 0.15) is 48.4 Å². The Morgan fingerprint density at radius 3 is 2.67 bits per heavy atom. The molecule has 2 heteroatoms. The minimum absolute atomic E-state index is 0.113. The van der Waals surface area contributed by atoms with E-state index in [1.807, 2.05) is 11.9 Å². The summed E-state index contributed by atoms with van der Waals surface area (Å²) in [7, 11) is 1.99. The van der Waals surface area contributed by atoms with Crippen molar-refractivity contribution in [2.75, 3.05) is 7.05 Å². The maximum absolute atomic E-state index is 12.1. The third-order valence-corrected chi connectivity index (χ3v) is 6.18. The fraction of sp³-hybridized carbons (Fsp3) is 0.409. The lowest BCUT2D eigenvalue weighted by molar-refractivity contribution is -0.138. The molecule has 1 aliphatic carbocycles. The summed E-state index contributed by atoms with van der Waals surface area (Å²) in [4.78, 5) is 14.1. The summed E-state index contributed by atoms with van der Waals surface area (Å²) >= 11 is 0. The predicted octanol–water partition coefficient (Wildman–Crippen LogP) is 4.10. The highest BCUT2D eigenvalue weighted by atomic mass is 16.2. The van der Waals surface area contributed by atoms with Crippen LogP contribution in [-0.4, -0.2) is 23.9 Å². The number of aryl methyl sites for hydroxylation is 1. The molecule has 0 radical (unpaired) electrons. The first-order valence-corrected chi connectivity index (χ1v) is 9.00. The first-order valence-electron chi connectivity index (χ1n) is 9.00. The highest BCUT2D eigenvalue weighted by molar-refractivity contribution is 5.78. The van der Waals surface area contributed by atoms with Gasteiger partial charge in [0.15, 0.2) is 0 Å². The molecule has 2 aliphatic rings. The Kier molecular flexibility index (Phi) is 3.71. The van der Waals surface area contributed by atoms with Crippen molar-refractivity contribution < 1.29 is 4.79 Å². The molecule has 0 spiro atoms. The van der Waals surface area contributed by atoms with Gasteiger partial charge in [-0.1, -0.05) is 55.5 Å². The number of likely N-dealkylation sites (N-methyl/N-ethyl adjacent to an activating group) is 1. The molecule has 0 saturated carbocycles. The number of nitrogens with zero attached hydrogens (tertiary/aromatic N) is 1. The van der Waals surface area contributed by atoms with Gasteiger partial charge in [0.1, 0.15) is 0 Å². The molecule has 24 heavy (non-hydrogen) atoms. The molecule has 124 valence electrons. The number of fused-ring (bicyclic) bond motifs is 3. The molecule has 2 aromatic rings. The van der Waals surface area contributed by atoms with Crippen LogP contribution in [0.4, 0.5) is 0 Å². The number of rotatable bonds is 2. The third kappa shape index (κ3) is 2.45. The van der Waals surface area contributed by atoms with E-state index in [4.69, 9.17) is 0 Å². The van der Waals surface area contributed by atoms with E-state index in [9.17, 15) is 4.79 Å². The maximum atomic E-state index is 12.1. The predicted molar refractivity (Wildman–Crippen MR) is 97.2 cm³/mol. The van der Waals surface area contributed by atoms with Crippen molar-refractivity contribution in [1.82, 2.24) is 4.90 Å². The molecule has 0 N–H and O–H groups in total. The minimum atomic E-state index is 0.113. The van der Waals surface area contributed by atoms with Gasteiger partial charge in [-0.15, -0.1) is 0 Å². The number of amides is 1. The standard InChI is InChI=1S/C22H25NO/c1-22-13-12-21(24)23(2)20(22)11-9-18-15-17(8-10-19(18)22)14-16-6-4-3-5-7-16/h3-8,10,15,20H,9,11-14H2,1-2H3/t20-,22-/m1/s1. The largest absolute Gasteiger partial charge is 0.342 e. The molecule has 1 fully saturated rings. The van der Waals surface area contributed by atoms with Gasteiger partial charge in [-0.3, -0.25) is 4.79 Å². The van der Waals surface area contributed by atoms with Crippen molar-refractivity contribution in [2.24, 2.45) is 0 Å². The van der Waals surface area contributed by atoms with Gasteiger partial charge in [0.2, 0.25) is 5.91 Å². The molecule has 1 amide bonds. The lowest BCUT2D eigenvalue weighted by atomic mass is 9.63. The Morgan fingerprint density at radius 1 is 1.08 bits per heavy atom. The average molecular weight is 319 g/mol. The van der Waals surface area contributed by atoms with E-state index in [2.05, 4.69) is 55.5 Å². The van der Waals surface area contributed by atoms with Gasteiger partial charge < -0.3 is 4.90 Å². The number of hydrogen-bond donors (Lipinski definition) is 0. The van der Waals surface area contributed by atoms with Crippen LogP contribution in [0.2, 0.25) is 0 Å². The summed E-state index contributed by atoms with van der Waals surface area (Å²) in [6.07, 6.45) is 4.81. The second kappa shape index (κ2) is 5.77. The Hall–Kier alpha value is -2.09. The normalized spacial score (nSPS) is 26.0. The first kappa shape index (κ1) is 15.4. The lowest BCUT2D eigenvalue weighted by Crippen LogP contribution is -2.56. The van der Waals surface area contributed by atoms with Gasteiger partial charge in [-0.2, -0.15) is 0 Å². The van der Waals surface area contributed by atoms with Gasteiger partial charge in [-0.25, -0.2) is 0 Å². The Bertz CT molecular complexity index is 767. The molecule has 0 aromatic heterocycles. The van der Waals surface area contributed by atoms with E-state index in [0.29, 0.717) is 18.4 Å². The zero-order valence-corrected chi connectivity index (χ0v) is 14.6. The van der Waals surface area contributed by atoms with Crippen LogP contribution in [0.3, 0.4) is 0 Å². The van der Waals surface area contributed by atoms with Crippen LogP contribution >= 0.6 is 0 Å². The summed E-state index contributed by atoms with van der Waals surface area (Å²) in [5.74, 6) is 0.307. The monoisotopic (exact) mass is 319 g/mol. The third-order valence-electron chi connectivity index (χ3n) is 6.18. The molecule has 2 nitrogen and oxygen atoms in total. The quantitative estimate of drug-likeness (QED) is 0.816. The van der Waals surface area contributed by atoms with Crippen molar-refractivity contribution in [3.8, 4) is 0 Å². The zero-order valence-electron chi connectivity index (χ0n) is 14.6. The fourth-order valence-corrected chi connectivity index (χ4v) is 4.78. The van der Waals surface area contributed by atoms with Crippen molar-refractivity contribution in [2.45, 2.75) is 50.5 Å². The SMILES string of the molecule is CN1C(=O)CC[C@]2(C)c3ccc(Cc4ccccc4)cc3CC[C@@H]12. The van der Waals surface area contributed by atoms with Gasteiger partial charge >= 0.3 is 0 Å². The second-order valence-corrected chi connectivity index (χ2v) is 7.63. The fourth-order valence-electron chi connectivity index (χ4n) is 4.78. The van der Waals surface area contributed by atoms with Crippen LogP contribution in [0.5, 0.6) is 0 Å². The zero-order chi connectivity index (χ0) is 16.7. The summed E-state index contributed by atoms with van der Waals surface area (Å²) in [5, 5.41) is 0. The summed E-state index contributed by atoms with van der Waals surface area (Å²) < 4.78 is 0. The molecular formula is C22H25NO. The molecule has 4 rings (SSSR count). The van der Waals surface area contributed by atoms with E-state index < -0.39 is 0 Å². The van der Waals surface area contributed by atoms with E-state index in [1.54, 1.807) is 0 Å². The van der Waals surface area contributed by atoms with Crippen molar-refractivity contribution in [1.29, 1.82) is 0 Å². The van der Waals surface area contributed by atoms with E-state index in [0.717, 1.165) is 25.7 Å². The summed E-state index contributed by atoms with van der Waals surface area (Å²) in [6.45, 7) is 2.36. The Balaban J connectivity index is 1.66. The average Bonchev–Trinajstić information content (AvgIpc) is 2.59. The van der Waals surface area contributed by atoms with Gasteiger partial charge in [0, 0.05) is 24.9 Å². The molecular weight excluding hydrogens is 294 g/mol. The lowest BCUT2D eigenvalue weighted by Gasteiger charge is -2.50. The maximum Gasteiger partial charge on any atom is 0.222 e. The number of benzene rings is 2. The highest BCUT2D eigenvalue weighted by Crippen LogP contribution is 2.45. The Labute approximate surface area is 144 Å². The van der Waals surface area contributed by atoms with Crippen LogP contribution in [0.25, 0.3) is 0 Å². The number of likely N-dealkylation sites (tertiary alicyclic amines) is 1. The molecule has 2 atom stereocenters. The summed E-state index contributed by atoms with van der Waals surface area (Å²) in [6, 6.07) is 18.0. The highest BCUT2D eigenvalue weighted by Gasteiger charge is 2.46. The number of carbonyl (C=O) groups excluding carboxylic acids is 1. The van der Waals surface area contributed by atoms with E-state index in [1.165, 1.54) is 22.3 Å². The van der Waals surface area contributed by atoms with Crippen molar-refractivity contribution >= 4 is 5.91 Å². The van der Waals surface area contributed by atoms with Gasteiger partial charge in [0.25, 0.3) is 0 Å². The minimum Gasteiger partial charge on any atom is -0.342 e. The van der Waals surface area contributed by atoms with Crippen LogP contribution < -0.4 is 0 Å². The topological polar surface area (TPSA) is 20.3 Å². The summed E-state index contributed by atoms with van der Waals surface area (Å²) in [5.41, 5.74) is 5.82.